The lowest BCUT2D eigenvalue weighted by Crippen LogP contribution is -2.25. The van der Waals surface area contributed by atoms with Gasteiger partial charge in [0, 0.05) is 35.1 Å². The third-order valence-corrected chi connectivity index (χ3v) is 4.55. The number of rotatable bonds is 4. The van der Waals surface area contributed by atoms with E-state index in [4.69, 9.17) is 4.84 Å². The fourth-order valence-corrected chi connectivity index (χ4v) is 2.93. The van der Waals surface area contributed by atoms with E-state index in [1.807, 2.05) is 30.6 Å². The van der Waals surface area contributed by atoms with Crippen molar-refractivity contribution >= 4 is 22.5 Å². The van der Waals surface area contributed by atoms with Crippen LogP contribution in [0.5, 0.6) is 0 Å². The molecule has 0 aromatic carbocycles. The molecule has 124 valence electrons. The Morgan fingerprint density at radius 2 is 2.08 bits per heavy atom. The Morgan fingerprint density at radius 1 is 1.12 bits per heavy atom. The average Bonchev–Trinajstić information content (AvgIpc) is 3.03. The van der Waals surface area contributed by atoms with Crippen molar-refractivity contribution in [1.82, 2.24) is 24.6 Å². The predicted molar refractivity (Wildman–Crippen MR) is 93.9 cm³/mol. The van der Waals surface area contributed by atoms with E-state index in [1.165, 1.54) is 6.42 Å². The molecular formula is C18H16N6O. The van der Waals surface area contributed by atoms with Crippen LogP contribution in [0.25, 0.3) is 27.7 Å². The van der Waals surface area contributed by atoms with Gasteiger partial charge >= 0.3 is 0 Å². The summed E-state index contributed by atoms with van der Waals surface area (Å²) in [7, 11) is 0. The lowest BCUT2D eigenvalue weighted by atomic mass is 9.97. The summed E-state index contributed by atoms with van der Waals surface area (Å²) < 4.78 is 1.79. The van der Waals surface area contributed by atoms with E-state index in [9.17, 15) is 0 Å². The minimum absolute atomic E-state index is 0.275. The molecule has 0 amide bonds. The number of hydrogen-bond acceptors (Lipinski definition) is 6. The fourth-order valence-electron chi connectivity index (χ4n) is 2.93. The number of nitrogens with one attached hydrogen (secondary N) is 1. The molecule has 0 aliphatic heterocycles. The quantitative estimate of drug-likeness (QED) is 0.578. The highest BCUT2D eigenvalue weighted by Crippen LogP contribution is 2.27. The van der Waals surface area contributed by atoms with E-state index in [0.717, 1.165) is 40.5 Å². The van der Waals surface area contributed by atoms with Crippen molar-refractivity contribution in [2.24, 2.45) is 0 Å². The topological polar surface area (TPSA) is 77.2 Å². The number of pyridine rings is 2. The molecule has 1 fully saturated rings. The minimum atomic E-state index is 0.275. The first-order valence-corrected chi connectivity index (χ1v) is 8.34. The molecule has 4 aromatic rings. The number of fused-ring (bicyclic) bond motifs is 2. The lowest BCUT2D eigenvalue weighted by molar-refractivity contribution is 0.0375. The van der Waals surface area contributed by atoms with Gasteiger partial charge in [-0.3, -0.25) is 4.84 Å². The molecule has 1 aliphatic carbocycles. The first kappa shape index (κ1) is 14.3. The highest BCUT2D eigenvalue weighted by molar-refractivity contribution is 5.86. The smallest absolute Gasteiger partial charge is 0.264 e. The van der Waals surface area contributed by atoms with Crippen LogP contribution >= 0.6 is 0 Å². The standard InChI is InChI=1S/C18H16N6O/c1-4-14(5-1)25-23-18-21-11-16-15(6-8-24(16)22-18)13-9-12-3-2-7-19-17(12)20-10-13/h2-3,6-11,14H,1,4-5H2,(H,22,23). The van der Waals surface area contributed by atoms with Crippen molar-refractivity contribution in [3.8, 4) is 11.1 Å². The molecule has 0 unspecified atom stereocenters. The SMILES string of the molecule is c1cnc2ncc(-c3ccn4nc(NOC5CCC5)ncc34)cc2c1. The normalized spacial score (nSPS) is 14.7. The summed E-state index contributed by atoms with van der Waals surface area (Å²) in [5.41, 5.74) is 6.55. The molecular weight excluding hydrogens is 316 g/mol. The molecule has 25 heavy (non-hydrogen) atoms. The Labute approximate surface area is 143 Å². The maximum atomic E-state index is 5.55. The number of hydrogen-bond donors (Lipinski definition) is 1. The van der Waals surface area contributed by atoms with E-state index in [0.29, 0.717) is 5.95 Å². The minimum Gasteiger partial charge on any atom is -0.270 e. The maximum Gasteiger partial charge on any atom is 0.264 e. The molecule has 5 rings (SSSR count). The van der Waals surface area contributed by atoms with Crippen molar-refractivity contribution in [2.45, 2.75) is 25.4 Å². The summed E-state index contributed by atoms with van der Waals surface area (Å²) in [5, 5.41) is 5.46. The summed E-state index contributed by atoms with van der Waals surface area (Å²) >= 11 is 0. The van der Waals surface area contributed by atoms with E-state index in [-0.39, 0.29) is 6.10 Å². The zero-order chi connectivity index (χ0) is 16.6. The molecule has 1 N–H and O–H groups in total. The Balaban J connectivity index is 1.48. The van der Waals surface area contributed by atoms with Gasteiger partial charge in [-0.25, -0.2) is 24.9 Å². The van der Waals surface area contributed by atoms with Gasteiger partial charge in [-0.05, 0) is 43.5 Å². The number of nitrogens with zero attached hydrogens (tertiary/aromatic N) is 5. The molecule has 0 spiro atoms. The molecule has 1 aliphatic rings. The summed E-state index contributed by atoms with van der Waals surface area (Å²) in [6.45, 7) is 0. The van der Waals surface area contributed by atoms with E-state index < -0.39 is 0 Å². The van der Waals surface area contributed by atoms with E-state index in [1.54, 1.807) is 16.9 Å². The molecule has 0 bridgehead atoms. The third kappa shape index (κ3) is 2.58. The largest absolute Gasteiger partial charge is 0.270 e. The Bertz CT molecular complexity index is 1060. The second kappa shape index (κ2) is 5.78. The van der Waals surface area contributed by atoms with Crippen molar-refractivity contribution < 1.29 is 4.84 Å². The van der Waals surface area contributed by atoms with Crippen LogP contribution in [0.2, 0.25) is 0 Å². The summed E-state index contributed by atoms with van der Waals surface area (Å²) in [6.07, 6.45) is 11.0. The van der Waals surface area contributed by atoms with Gasteiger partial charge in [-0.1, -0.05) is 0 Å². The Morgan fingerprint density at radius 3 is 2.96 bits per heavy atom. The molecule has 0 atom stereocenters. The van der Waals surface area contributed by atoms with Crippen LogP contribution in [-0.2, 0) is 4.84 Å². The van der Waals surface area contributed by atoms with E-state index >= 15 is 0 Å². The molecule has 0 radical (unpaired) electrons. The van der Waals surface area contributed by atoms with Crippen LogP contribution in [0.3, 0.4) is 0 Å². The second-order valence-electron chi connectivity index (χ2n) is 6.19. The van der Waals surface area contributed by atoms with Gasteiger partial charge in [0.15, 0.2) is 5.65 Å². The lowest BCUT2D eigenvalue weighted by Gasteiger charge is -2.24. The Hall–Kier alpha value is -3.06. The van der Waals surface area contributed by atoms with Gasteiger partial charge < -0.3 is 0 Å². The molecule has 0 saturated heterocycles. The number of aromatic nitrogens is 5. The monoisotopic (exact) mass is 332 g/mol. The van der Waals surface area contributed by atoms with Crippen LogP contribution in [0, 0.1) is 0 Å². The van der Waals surface area contributed by atoms with E-state index in [2.05, 4.69) is 31.6 Å². The van der Waals surface area contributed by atoms with Crippen molar-refractivity contribution in [3.63, 3.8) is 0 Å². The third-order valence-electron chi connectivity index (χ3n) is 4.55. The highest BCUT2D eigenvalue weighted by atomic mass is 16.7. The van der Waals surface area contributed by atoms with Crippen molar-refractivity contribution in [1.29, 1.82) is 0 Å². The Kier molecular flexibility index (Phi) is 3.31. The second-order valence-corrected chi connectivity index (χ2v) is 6.19. The summed E-state index contributed by atoms with van der Waals surface area (Å²) in [6, 6.07) is 8.01. The molecule has 1 saturated carbocycles. The zero-order valence-corrected chi connectivity index (χ0v) is 13.5. The van der Waals surface area contributed by atoms with Crippen LogP contribution in [0.1, 0.15) is 19.3 Å². The highest BCUT2D eigenvalue weighted by Gasteiger charge is 2.19. The first-order valence-electron chi connectivity index (χ1n) is 8.34. The molecule has 7 nitrogen and oxygen atoms in total. The van der Waals surface area contributed by atoms with Crippen LogP contribution < -0.4 is 5.48 Å². The van der Waals surface area contributed by atoms with Crippen molar-refractivity contribution in [3.05, 3.63) is 49.1 Å². The maximum absolute atomic E-state index is 5.55. The average molecular weight is 332 g/mol. The van der Waals surface area contributed by atoms with Crippen molar-refractivity contribution in [2.75, 3.05) is 5.48 Å². The van der Waals surface area contributed by atoms with Crippen LogP contribution in [0.4, 0.5) is 5.95 Å². The fraction of sp³-hybridized carbons (Fsp3) is 0.222. The molecule has 4 aromatic heterocycles. The summed E-state index contributed by atoms with van der Waals surface area (Å²) in [5.74, 6) is 0.461. The van der Waals surface area contributed by atoms with Crippen LogP contribution in [0.15, 0.2) is 49.1 Å². The van der Waals surface area contributed by atoms with Gasteiger partial charge in [0.05, 0.1) is 17.8 Å². The van der Waals surface area contributed by atoms with Gasteiger partial charge in [-0.15, -0.1) is 5.10 Å². The van der Waals surface area contributed by atoms with Gasteiger partial charge in [0.1, 0.15) is 0 Å². The van der Waals surface area contributed by atoms with Gasteiger partial charge in [0.25, 0.3) is 5.95 Å². The van der Waals surface area contributed by atoms with Crippen LogP contribution in [-0.4, -0.2) is 30.7 Å². The first-order chi connectivity index (χ1) is 12.4. The molecule has 7 heteroatoms. The van der Waals surface area contributed by atoms with Gasteiger partial charge in [0.2, 0.25) is 0 Å². The summed E-state index contributed by atoms with van der Waals surface area (Å²) in [4.78, 5) is 18.6. The zero-order valence-electron chi connectivity index (χ0n) is 13.5. The molecule has 4 heterocycles. The van der Waals surface area contributed by atoms with Gasteiger partial charge in [-0.2, -0.15) is 0 Å². The predicted octanol–water partition coefficient (Wildman–Crippen LogP) is 3.24. The number of anilines is 1.